The van der Waals surface area contributed by atoms with Crippen molar-refractivity contribution in [3.63, 3.8) is 0 Å². The van der Waals surface area contributed by atoms with Crippen molar-refractivity contribution < 1.29 is 13.2 Å². The number of nitrogens with one attached hydrogen (secondary N) is 2. The van der Waals surface area contributed by atoms with Crippen LogP contribution in [0.3, 0.4) is 0 Å². The van der Waals surface area contributed by atoms with Crippen LogP contribution < -0.4 is 10.6 Å². The van der Waals surface area contributed by atoms with Crippen LogP contribution in [0.5, 0.6) is 0 Å². The Hall–Kier alpha value is -1.63. The lowest BCUT2D eigenvalue weighted by Crippen LogP contribution is -2.57. The van der Waals surface area contributed by atoms with E-state index in [1.54, 1.807) is 0 Å². The van der Waals surface area contributed by atoms with Crippen LogP contribution >= 0.6 is 12.4 Å². The zero-order valence-corrected chi connectivity index (χ0v) is 16.5. The number of carbonyl (C=O) groups is 1. The summed E-state index contributed by atoms with van der Waals surface area (Å²) in [6.07, 6.45) is 2.50. The normalized spacial score (nSPS) is 16.7. The minimum atomic E-state index is -3.46. The fourth-order valence-electron chi connectivity index (χ4n) is 3.47. The van der Waals surface area contributed by atoms with Crippen molar-refractivity contribution in [1.29, 1.82) is 0 Å². The summed E-state index contributed by atoms with van der Waals surface area (Å²) in [7, 11) is -3.46. The SMILES string of the molecule is CS(=O)(=O)C1(C(=O)NCCc2ccc3ccccc3c2)CCNCC1.Cl. The molecule has 0 unspecified atom stereocenters. The molecule has 2 N–H and O–H groups in total. The van der Waals surface area contributed by atoms with Gasteiger partial charge in [-0.05, 0) is 48.7 Å². The van der Waals surface area contributed by atoms with Gasteiger partial charge in [-0.1, -0.05) is 42.5 Å². The number of hydrogen-bond donors (Lipinski definition) is 2. The van der Waals surface area contributed by atoms with Gasteiger partial charge >= 0.3 is 0 Å². The first kappa shape index (κ1) is 20.7. The van der Waals surface area contributed by atoms with Crippen LogP contribution in [-0.4, -0.2) is 45.0 Å². The highest BCUT2D eigenvalue weighted by Gasteiger charge is 2.48. The molecule has 0 atom stereocenters. The van der Waals surface area contributed by atoms with Gasteiger partial charge in [-0.25, -0.2) is 8.42 Å². The van der Waals surface area contributed by atoms with Crippen LogP contribution in [0.4, 0.5) is 0 Å². The minimum Gasteiger partial charge on any atom is -0.354 e. The Morgan fingerprint density at radius 2 is 1.77 bits per heavy atom. The van der Waals surface area contributed by atoms with Crippen LogP contribution in [0.25, 0.3) is 10.8 Å². The second kappa shape index (κ2) is 8.37. The van der Waals surface area contributed by atoms with E-state index in [-0.39, 0.29) is 18.3 Å². The summed E-state index contributed by atoms with van der Waals surface area (Å²) in [5.74, 6) is -0.364. The number of benzene rings is 2. The van der Waals surface area contributed by atoms with Gasteiger partial charge in [0.25, 0.3) is 0 Å². The number of carbonyl (C=O) groups excluding carboxylic acids is 1. The second-order valence-corrected chi connectivity index (χ2v) is 9.03. The molecule has 0 bridgehead atoms. The molecule has 1 fully saturated rings. The lowest BCUT2D eigenvalue weighted by atomic mass is 9.95. The number of amides is 1. The van der Waals surface area contributed by atoms with E-state index in [4.69, 9.17) is 0 Å². The molecule has 1 amide bonds. The maximum absolute atomic E-state index is 12.7. The molecule has 0 aromatic heterocycles. The third-order valence-electron chi connectivity index (χ3n) is 5.05. The highest BCUT2D eigenvalue weighted by Crippen LogP contribution is 2.28. The number of rotatable bonds is 5. The Bertz CT molecular complexity index is 877. The molecule has 1 aliphatic heterocycles. The molecule has 26 heavy (non-hydrogen) atoms. The van der Waals surface area contributed by atoms with E-state index in [1.807, 2.05) is 18.2 Å². The number of halogens is 1. The number of sulfone groups is 1. The smallest absolute Gasteiger partial charge is 0.241 e. The highest BCUT2D eigenvalue weighted by molar-refractivity contribution is 7.92. The molecular formula is C19H25ClN2O3S. The average Bonchev–Trinajstić information content (AvgIpc) is 2.61. The predicted octanol–water partition coefficient (Wildman–Crippen LogP) is 2.09. The molecule has 7 heteroatoms. The van der Waals surface area contributed by atoms with Crippen molar-refractivity contribution in [2.24, 2.45) is 0 Å². The van der Waals surface area contributed by atoms with Crippen LogP contribution in [-0.2, 0) is 21.1 Å². The molecule has 1 saturated heterocycles. The maximum atomic E-state index is 12.7. The zero-order chi connectivity index (χ0) is 17.9. The Morgan fingerprint density at radius 1 is 1.12 bits per heavy atom. The lowest BCUT2D eigenvalue weighted by Gasteiger charge is -2.34. The van der Waals surface area contributed by atoms with Gasteiger partial charge in [0.05, 0.1) is 0 Å². The third-order valence-corrected chi connectivity index (χ3v) is 7.06. The van der Waals surface area contributed by atoms with Gasteiger partial charge in [0.2, 0.25) is 5.91 Å². The Kier molecular flexibility index (Phi) is 6.66. The summed E-state index contributed by atoms with van der Waals surface area (Å²) in [6, 6.07) is 14.4. The fourth-order valence-corrected chi connectivity index (χ4v) is 4.83. The first-order valence-electron chi connectivity index (χ1n) is 8.59. The van der Waals surface area contributed by atoms with Gasteiger partial charge in [-0.15, -0.1) is 12.4 Å². The highest BCUT2D eigenvalue weighted by atomic mass is 35.5. The summed E-state index contributed by atoms with van der Waals surface area (Å²) in [5, 5.41) is 8.32. The molecule has 2 aromatic carbocycles. The second-order valence-electron chi connectivity index (χ2n) is 6.70. The quantitative estimate of drug-likeness (QED) is 0.811. The summed E-state index contributed by atoms with van der Waals surface area (Å²) in [4.78, 5) is 12.7. The predicted molar refractivity (Wildman–Crippen MR) is 108 cm³/mol. The summed E-state index contributed by atoms with van der Waals surface area (Å²) >= 11 is 0. The summed E-state index contributed by atoms with van der Waals surface area (Å²) < 4.78 is 23.2. The van der Waals surface area contributed by atoms with E-state index in [1.165, 1.54) is 11.6 Å². The van der Waals surface area contributed by atoms with Gasteiger partial charge < -0.3 is 10.6 Å². The largest absolute Gasteiger partial charge is 0.354 e. The Balaban J connectivity index is 0.00000243. The minimum absolute atomic E-state index is 0. The third kappa shape index (κ3) is 4.19. The van der Waals surface area contributed by atoms with Crippen molar-refractivity contribution in [3.05, 3.63) is 48.0 Å². The summed E-state index contributed by atoms with van der Waals surface area (Å²) in [5.41, 5.74) is 1.12. The van der Waals surface area contributed by atoms with Crippen LogP contribution in [0.1, 0.15) is 18.4 Å². The van der Waals surface area contributed by atoms with E-state index < -0.39 is 14.6 Å². The van der Waals surface area contributed by atoms with E-state index in [0.717, 1.165) is 10.9 Å². The molecule has 3 rings (SSSR count). The van der Waals surface area contributed by atoms with E-state index in [2.05, 4.69) is 34.9 Å². The molecule has 0 radical (unpaired) electrons. The Labute approximate surface area is 160 Å². The van der Waals surface area contributed by atoms with Crippen molar-refractivity contribution in [2.45, 2.75) is 24.0 Å². The van der Waals surface area contributed by atoms with Crippen molar-refractivity contribution in [3.8, 4) is 0 Å². The van der Waals surface area contributed by atoms with E-state index >= 15 is 0 Å². The topological polar surface area (TPSA) is 75.3 Å². The van der Waals surface area contributed by atoms with E-state index in [0.29, 0.717) is 38.9 Å². The Morgan fingerprint density at radius 3 is 2.42 bits per heavy atom. The van der Waals surface area contributed by atoms with Crippen LogP contribution in [0, 0.1) is 0 Å². The van der Waals surface area contributed by atoms with Gasteiger partial charge in [0.15, 0.2) is 14.6 Å². The molecular weight excluding hydrogens is 372 g/mol. The van der Waals surface area contributed by atoms with Gasteiger partial charge in [-0.2, -0.15) is 0 Å². The van der Waals surface area contributed by atoms with Gasteiger partial charge in [0.1, 0.15) is 0 Å². The standard InChI is InChI=1S/C19H24N2O3S.ClH/c1-25(23,24)19(9-12-20-13-10-19)18(22)21-11-8-15-6-7-16-4-2-3-5-17(16)14-15;/h2-7,14,20H,8-13H2,1H3,(H,21,22);1H. The molecule has 0 spiro atoms. The van der Waals surface area contributed by atoms with E-state index in [9.17, 15) is 13.2 Å². The molecule has 1 aliphatic rings. The maximum Gasteiger partial charge on any atom is 0.241 e. The number of hydrogen-bond acceptors (Lipinski definition) is 4. The number of piperidine rings is 1. The first-order valence-corrected chi connectivity index (χ1v) is 10.5. The fraction of sp³-hybridized carbons (Fsp3) is 0.421. The monoisotopic (exact) mass is 396 g/mol. The molecule has 142 valence electrons. The lowest BCUT2D eigenvalue weighted by molar-refractivity contribution is -0.124. The molecule has 0 saturated carbocycles. The van der Waals surface area contributed by atoms with Crippen molar-refractivity contribution in [1.82, 2.24) is 10.6 Å². The zero-order valence-electron chi connectivity index (χ0n) is 14.8. The van der Waals surface area contributed by atoms with Crippen molar-refractivity contribution in [2.75, 3.05) is 25.9 Å². The number of fused-ring (bicyclic) bond motifs is 1. The molecule has 2 aromatic rings. The van der Waals surface area contributed by atoms with Gasteiger partial charge in [0, 0.05) is 12.8 Å². The average molecular weight is 397 g/mol. The molecule has 5 nitrogen and oxygen atoms in total. The van der Waals surface area contributed by atoms with Gasteiger partial charge in [-0.3, -0.25) is 4.79 Å². The van der Waals surface area contributed by atoms with Crippen molar-refractivity contribution >= 4 is 38.9 Å². The first-order chi connectivity index (χ1) is 11.9. The van der Waals surface area contributed by atoms with Crippen LogP contribution in [0.15, 0.2) is 42.5 Å². The van der Waals surface area contributed by atoms with Crippen LogP contribution in [0.2, 0.25) is 0 Å². The molecule has 0 aliphatic carbocycles. The molecule has 1 heterocycles. The summed E-state index contributed by atoms with van der Waals surface area (Å²) in [6.45, 7) is 1.53.